The number of carboxylic acids is 1. The second-order valence-electron chi connectivity index (χ2n) is 10.3. The topological polar surface area (TPSA) is 95.9 Å². The van der Waals surface area contributed by atoms with Crippen molar-refractivity contribution in [1.29, 1.82) is 0 Å². The molecule has 1 aliphatic heterocycles. The van der Waals surface area contributed by atoms with Crippen LogP contribution in [0.2, 0.25) is 0 Å². The lowest BCUT2D eigenvalue weighted by Crippen LogP contribution is -2.55. The van der Waals surface area contributed by atoms with Crippen molar-refractivity contribution in [1.82, 2.24) is 10.2 Å². The summed E-state index contributed by atoms with van der Waals surface area (Å²) in [5.41, 5.74) is 3.84. The highest BCUT2D eigenvalue weighted by atomic mass is 16.5. The predicted octanol–water partition coefficient (Wildman–Crippen LogP) is 4.65. The molecule has 2 aromatic carbocycles. The maximum absolute atomic E-state index is 13.2. The molecule has 2 amide bonds. The van der Waals surface area contributed by atoms with Gasteiger partial charge in [-0.2, -0.15) is 0 Å². The van der Waals surface area contributed by atoms with E-state index in [1.165, 1.54) is 16.0 Å². The summed E-state index contributed by atoms with van der Waals surface area (Å²) < 4.78 is 5.57. The van der Waals surface area contributed by atoms with Gasteiger partial charge in [-0.3, -0.25) is 4.79 Å². The van der Waals surface area contributed by atoms with Crippen LogP contribution in [0.1, 0.15) is 57.1 Å². The van der Waals surface area contributed by atoms with Crippen LogP contribution in [-0.4, -0.2) is 53.7 Å². The zero-order valence-electron chi connectivity index (χ0n) is 20.6. The van der Waals surface area contributed by atoms with Gasteiger partial charge in [0.2, 0.25) is 5.91 Å². The number of hydrogen-bond acceptors (Lipinski definition) is 4. The van der Waals surface area contributed by atoms with Gasteiger partial charge in [0.1, 0.15) is 12.6 Å². The number of piperidine rings is 1. The van der Waals surface area contributed by atoms with Crippen molar-refractivity contribution in [2.75, 3.05) is 19.7 Å². The second kappa shape index (κ2) is 10.1. The Morgan fingerprint density at radius 2 is 1.66 bits per heavy atom. The fourth-order valence-electron chi connectivity index (χ4n) is 5.41. The molecule has 0 bridgehead atoms. The number of carbonyl (C=O) groups excluding carboxylic acids is 2. The van der Waals surface area contributed by atoms with Gasteiger partial charge < -0.3 is 20.1 Å². The molecule has 1 saturated heterocycles. The van der Waals surface area contributed by atoms with Crippen LogP contribution in [-0.2, 0) is 14.3 Å². The van der Waals surface area contributed by atoms with E-state index in [9.17, 15) is 19.5 Å². The molecule has 7 nitrogen and oxygen atoms in total. The zero-order chi connectivity index (χ0) is 25.2. The molecule has 2 aliphatic rings. The van der Waals surface area contributed by atoms with Crippen molar-refractivity contribution < 1.29 is 24.2 Å². The lowest BCUT2D eigenvalue weighted by molar-refractivity contribution is -0.159. The molecular weight excluding hydrogens is 444 g/mol. The van der Waals surface area contributed by atoms with E-state index >= 15 is 0 Å². The monoisotopic (exact) mass is 478 g/mol. The average Bonchev–Trinajstić information content (AvgIpc) is 3.15. The van der Waals surface area contributed by atoms with Gasteiger partial charge in [0.05, 0.1) is 0 Å². The van der Waals surface area contributed by atoms with Gasteiger partial charge in [-0.1, -0.05) is 69.3 Å². The number of rotatable bonds is 7. The Hall–Kier alpha value is -3.35. The second-order valence-corrected chi connectivity index (χ2v) is 10.3. The van der Waals surface area contributed by atoms with E-state index in [-0.39, 0.29) is 30.9 Å². The molecule has 1 fully saturated rings. The Labute approximate surface area is 206 Å². The number of ether oxygens (including phenoxy) is 1. The largest absolute Gasteiger partial charge is 0.480 e. The highest BCUT2D eigenvalue weighted by Gasteiger charge is 2.42. The Kier molecular flexibility index (Phi) is 7.15. The highest BCUT2D eigenvalue weighted by molar-refractivity contribution is 5.87. The normalized spacial score (nSPS) is 19.6. The molecule has 2 aromatic rings. The Balaban J connectivity index is 1.31. The number of carbonyl (C=O) groups is 3. The number of hydrogen-bond donors (Lipinski definition) is 2. The van der Waals surface area contributed by atoms with Crippen LogP contribution in [0.5, 0.6) is 0 Å². The summed E-state index contributed by atoms with van der Waals surface area (Å²) in [6.45, 7) is 6.41. The zero-order valence-corrected chi connectivity index (χ0v) is 20.6. The summed E-state index contributed by atoms with van der Waals surface area (Å²) >= 11 is 0. The first-order valence-electron chi connectivity index (χ1n) is 12.3. The van der Waals surface area contributed by atoms with Gasteiger partial charge in [0.25, 0.3) is 0 Å². The van der Waals surface area contributed by atoms with Crippen molar-refractivity contribution in [2.45, 2.75) is 52.0 Å². The number of amides is 2. The van der Waals surface area contributed by atoms with E-state index in [1.54, 1.807) is 13.8 Å². The number of carboxylic acid groups (broad SMARTS) is 1. The van der Waals surface area contributed by atoms with E-state index < -0.39 is 23.5 Å². The van der Waals surface area contributed by atoms with E-state index in [0.717, 1.165) is 24.0 Å². The molecule has 0 aromatic heterocycles. The third-order valence-electron chi connectivity index (χ3n) is 7.39. The molecule has 2 atom stereocenters. The minimum absolute atomic E-state index is 0.0137. The first kappa shape index (κ1) is 24.8. The molecule has 186 valence electrons. The number of fused-ring (bicyclic) bond motifs is 3. The van der Waals surface area contributed by atoms with Crippen LogP contribution < -0.4 is 5.32 Å². The maximum atomic E-state index is 13.2. The molecule has 4 rings (SSSR count). The minimum Gasteiger partial charge on any atom is -0.480 e. The van der Waals surface area contributed by atoms with E-state index in [4.69, 9.17) is 4.74 Å². The molecule has 0 saturated carbocycles. The van der Waals surface area contributed by atoms with E-state index in [0.29, 0.717) is 13.0 Å². The van der Waals surface area contributed by atoms with Crippen LogP contribution >= 0.6 is 0 Å². The summed E-state index contributed by atoms with van der Waals surface area (Å²) in [7, 11) is 0. The average molecular weight is 479 g/mol. The van der Waals surface area contributed by atoms with Crippen LogP contribution in [0.15, 0.2) is 48.5 Å². The number of nitrogens with zero attached hydrogens (tertiary/aromatic N) is 1. The summed E-state index contributed by atoms with van der Waals surface area (Å²) in [5, 5.41) is 12.4. The van der Waals surface area contributed by atoms with Gasteiger partial charge in [0.15, 0.2) is 0 Å². The van der Waals surface area contributed by atoms with Crippen LogP contribution in [0.3, 0.4) is 0 Å². The molecule has 1 heterocycles. The lowest BCUT2D eigenvalue weighted by Gasteiger charge is -2.41. The van der Waals surface area contributed by atoms with Crippen molar-refractivity contribution in [3.8, 4) is 11.1 Å². The molecule has 1 aliphatic carbocycles. The minimum atomic E-state index is -0.960. The van der Waals surface area contributed by atoms with Gasteiger partial charge >= 0.3 is 12.1 Å². The first-order chi connectivity index (χ1) is 16.7. The van der Waals surface area contributed by atoms with Gasteiger partial charge in [-0.05, 0) is 47.4 Å². The number of benzene rings is 2. The molecule has 7 heteroatoms. The predicted molar refractivity (Wildman–Crippen MR) is 133 cm³/mol. The van der Waals surface area contributed by atoms with Gasteiger partial charge in [0, 0.05) is 24.4 Å². The fraction of sp³-hybridized carbons (Fsp3) is 0.464. The Morgan fingerprint density at radius 1 is 1.06 bits per heavy atom. The molecule has 0 spiro atoms. The summed E-state index contributed by atoms with van der Waals surface area (Å²) in [6, 6.07) is 15.5. The third kappa shape index (κ3) is 5.04. The van der Waals surface area contributed by atoms with Crippen molar-refractivity contribution >= 4 is 18.0 Å². The van der Waals surface area contributed by atoms with E-state index in [2.05, 4.69) is 29.6 Å². The maximum Gasteiger partial charge on any atom is 0.407 e. The van der Waals surface area contributed by atoms with Crippen LogP contribution in [0, 0.1) is 11.3 Å². The third-order valence-corrected chi connectivity index (χ3v) is 7.39. The SMILES string of the molecule is CC1CCCN(C(=O)C(C)(C)CCNC(=O)OCC2c3ccccc3-c3ccccc32)C1C(=O)O. The molecular formula is C28H34N2O5. The number of nitrogens with one attached hydrogen (secondary N) is 1. The summed E-state index contributed by atoms with van der Waals surface area (Å²) in [4.78, 5) is 38.9. The van der Waals surface area contributed by atoms with Gasteiger partial charge in [-0.25, -0.2) is 9.59 Å². The quantitative estimate of drug-likeness (QED) is 0.604. The first-order valence-corrected chi connectivity index (χ1v) is 12.3. The molecule has 0 radical (unpaired) electrons. The molecule has 2 N–H and O–H groups in total. The Morgan fingerprint density at radius 3 is 2.26 bits per heavy atom. The van der Waals surface area contributed by atoms with Crippen molar-refractivity contribution in [2.24, 2.45) is 11.3 Å². The molecule has 2 unspecified atom stereocenters. The van der Waals surface area contributed by atoms with Crippen LogP contribution in [0.25, 0.3) is 11.1 Å². The highest BCUT2D eigenvalue weighted by Crippen LogP contribution is 2.44. The standard InChI is InChI=1S/C28H34N2O5/c1-18-9-8-16-30(24(18)25(31)32)26(33)28(2,3)14-15-29-27(34)35-17-23-21-12-6-4-10-19(21)20-11-5-7-13-22(20)23/h4-7,10-13,18,23-24H,8-9,14-17H2,1-3H3,(H,29,34)(H,31,32). The number of aliphatic carboxylic acids is 1. The number of alkyl carbamates (subject to hydrolysis) is 1. The van der Waals surface area contributed by atoms with Gasteiger partial charge in [-0.15, -0.1) is 0 Å². The van der Waals surface area contributed by atoms with Crippen molar-refractivity contribution in [3.05, 3.63) is 59.7 Å². The fourth-order valence-corrected chi connectivity index (χ4v) is 5.41. The summed E-state index contributed by atoms with van der Waals surface area (Å²) in [6.07, 6.45) is 1.45. The van der Waals surface area contributed by atoms with E-state index in [1.807, 2.05) is 31.2 Å². The smallest absolute Gasteiger partial charge is 0.407 e. The van der Waals surface area contributed by atoms with Crippen LogP contribution in [0.4, 0.5) is 4.79 Å². The lowest BCUT2D eigenvalue weighted by atomic mass is 9.83. The Bertz CT molecular complexity index is 1070. The summed E-state index contributed by atoms with van der Waals surface area (Å²) in [5.74, 6) is -1.25. The number of likely N-dealkylation sites (tertiary alicyclic amines) is 1. The van der Waals surface area contributed by atoms with Crippen molar-refractivity contribution in [3.63, 3.8) is 0 Å². The molecule has 35 heavy (non-hydrogen) atoms.